The van der Waals surface area contributed by atoms with Gasteiger partial charge in [0.15, 0.2) is 5.78 Å². The second-order valence-corrected chi connectivity index (χ2v) is 2.97. The fourth-order valence-electron chi connectivity index (χ4n) is 1.14. The summed E-state index contributed by atoms with van der Waals surface area (Å²) in [5, 5.41) is 0. The summed E-state index contributed by atoms with van der Waals surface area (Å²) in [5.41, 5.74) is -0.685. The molecule has 0 atom stereocenters. The third-order valence-electron chi connectivity index (χ3n) is 1.91. The lowest BCUT2D eigenvalue weighted by molar-refractivity contribution is -0.138. The Kier molecular flexibility index (Phi) is 3.02. The van der Waals surface area contributed by atoms with Gasteiger partial charge in [0.05, 0.1) is 12.7 Å². The first-order valence-electron chi connectivity index (χ1n) is 4.12. The molecule has 0 unspecified atom stereocenters. The van der Waals surface area contributed by atoms with Gasteiger partial charge in [-0.25, -0.2) is 0 Å². The average molecular weight is 218 g/mol. The van der Waals surface area contributed by atoms with E-state index in [0.717, 1.165) is 25.3 Å². The normalized spacial score (nSPS) is 11.3. The number of Topliss-reactive ketones (excluding diaryl/α,β-unsaturated/α-hetero) is 1. The van der Waals surface area contributed by atoms with Crippen LogP contribution in [0, 0.1) is 0 Å². The Labute approximate surface area is 84.7 Å². The Morgan fingerprint density at radius 2 is 1.93 bits per heavy atom. The maximum absolute atomic E-state index is 12.4. The number of hydrogen-bond donors (Lipinski definition) is 0. The van der Waals surface area contributed by atoms with Gasteiger partial charge >= 0.3 is 6.18 Å². The molecular weight excluding hydrogens is 209 g/mol. The van der Waals surface area contributed by atoms with E-state index in [-0.39, 0.29) is 17.1 Å². The van der Waals surface area contributed by atoms with Crippen LogP contribution in [-0.2, 0) is 6.18 Å². The highest BCUT2D eigenvalue weighted by Gasteiger charge is 2.34. The zero-order valence-corrected chi connectivity index (χ0v) is 8.18. The van der Waals surface area contributed by atoms with Crippen molar-refractivity contribution in [3.63, 3.8) is 0 Å². The molecule has 0 saturated carbocycles. The van der Waals surface area contributed by atoms with Gasteiger partial charge in [0.2, 0.25) is 0 Å². The zero-order chi connectivity index (χ0) is 11.6. The molecule has 0 fully saturated rings. The van der Waals surface area contributed by atoms with Gasteiger partial charge in [-0.15, -0.1) is 0 Å². The summed E-state index contributed by atoms with van der Waals surface area (Å²) in [5.74, 6) is -0.641. The van der Waals surface area contributed by atoms with Crippen molar-refractivity contribution in [2.75, 3.05) is 7.11 Å². The molecule has 0 aliphatic carbocycles. The summed E-state index contributed by atoms with van der Waals surface area (Å²) < 4.78 is 41.8. The first-order valence-corrected chi connectivity index (χ1v) is 4.12. The van der Waals surface area contributed by atoms with Gasteiger partial charge in [-0.1, -0.05) is 6.07 Å². The van der Waals surface area contributed by atoms with E-state index in [9.17, 15) is 18.0 Å². The number of rotatable bonds is 2. The lowest BCUT2D eigenvalue weighted by Crippen LogP contribution is -2.08. The minimum absolute atomic E-state index is 0.194. The van der Waals surface area contributed by atoms with Crippen LogP contribution in [-0.4, -0.2) is 12.9 Å². The number of hydrogen-bond acceptors (Lipinski definition) is 2. The smallest absolute Gasteiger partial charge is 0.419 e. The summed E-state index contributed by atoms with van der Waals surface area (Å²) in [6.45, 7) is 1.28. The lowest BCUT2D eigenvalue weighted by Gasteiger charge is -2.12. The van der Waals surface area contributed by atoms with Crippen molar-refractivity contribution < 1.29 is 22.7 Å². The quantitative estimate of drug-likeness (QED) is 0.713. The molecule has 15 heavy (non-hydrogen) atoms. The summed E-state index contributed by atoms with van der Waals surface area (Å²) >= 11 is 0. The number of halogens is 3. The van der Waals surface area contributed by atoms with Crippen molar-refractivity contribution in [2.24, 2.45) is 0 Å². The minimum Gasteiger partial charge on any atom is -0.496 e. The van der Waals surface area contributed by atoms with E-state index in [4.69, 9.17) is 0 Å². The predicted molar refractivity (Wildman–Crippen MR) is 48.0 cm³/mol. The highest BCUT2D eigenvalue weighted by Crippen LogP contribution is 2.36. The molecule has 82 valence electrons. The van der Waals surface area contributed by atoms with Crippen LogP contribution in [0.4, 0.5) is 13.2 Å². The maximum Gasteiger partial charge on any atom is 0.419 e. The number of methoxy groups -OCH3 is 1. The molecule has 1 aromatic rings. The van der Waals surface area contributed by atoms with Crippen LogP contribution in [0.25, 0.3) is 0 Å². The molecule has 0 bridgehead atoms. The molecule has 0 saturated heterocycles. The van der Waals surface area contributed by atoms with E-state index >= 15 is 0 Å². The largest absolute Gasteiger partial charge is 0.496 e. The third-order valence-corrected chi connectivity index (χ3v) is 1.91. The zero-order valence-electron chi connectivity index (χ0n) is 8.18. The topological polar surface area (TPSA) is 26.3 Å². The van der Waals surface area contributed by atoms with Gasteiger partial charge in [-0.3, -0.25) is 4.79 Å². The van der Waals surface area contributed by atoms with Gasteiger partial charge < -0.3 is 4.74 Å². The van der Waals surface area contributed by atoms with Gasteiger partial charge in [-0.2, -0.15) is 13.2 Å². The summed E-state index contributed by atoms with van der Waals surface area (Å²) in [6, 6.07) is 3.06. The van der Waals surface area contributed by atoms with Gasteiger partial charge in [0, 0.05) is 5.56 Å². The van der Waals surface area contributed by atoms with Crippen molar-refractivity contribution >= 4 is 5.78 Å². The van der Waals surface area contributed by atoms with E-state index in [1.165, 1.54) is 6.92 Å². The molecule has 2 nitrogen and oxygen atoms in total. The molecule has 0 heterocycles. The SMILES string of the molecule is COc1cc(C(C)=O)ccc1C(F)(F)F. The highest BCUT2D eigenvalue weighted by atomic mass is 19.4. The predicted octanol–water partition coefficient (Wildman–Crippen LogP) is 2.92. The van der Waals surface area contributed by atoms with Crippen LogP contribution in [0.1, 0.15) is 22.8 Å². The monoisotopic (exact) mass is 218 g/mol. The molecule has 0 aromatic heterocycles. The van der Waals surface area contributed by atoms with Crippen molar-refractivity contribution in [3.05, 3.63) is 29.3 Å². The fourth-order valence-corrected chi connectivity index (χ4v) is 1.14. The first-order chi connectivity index (χ1) is 6.86. The maximum atomic E-state index is 12.4. The number of ether oxygens (including phenoxy) is 1. The molecular formula is C10H9F3O2. The minimum atomic E-state index is -4.47. The summed E-state index contributed by atoms with van der Waals surface area (Å²) in [4.78, 5) is 10.9. The summed E-state index contributed by atoms with van der Waals surface area (Å²) in [7, 11) is 1.13. The Balaban J connectivity index is 3.27. The Bertz CT molecular complexity index is 383. The molecule has 1 aromatic carbocycles. The van der Waals surface area contributed by atoms with Crippen molar-refractivity contribution in [1.29, 1.82) is 0 Å². The van der Waals surface area contributed by atoms with Crippen molar-refractivity contribution in [2.45, 2.75) is 13.1 Å². The van der Waals surface area contributed by atoms with E-state index in [0.29, 0.717) is 0 Å². The molecule has 0 spiro atoms. The van der Waals surface area contributed by atoms with E-state index in [1.807, 2.05) is 0 Å². The highest BCUT2D eigenvalue weighted by molar-refractivity contribution is 5.94. The second kappa shape index (κ2) is 3.92. The Morgan fingerprint density at radius 1 is 1.33 bits per heavy atom. The first kappa shape index (κ1) is 11.6. The Hall–Kier alpha value is -1.52. The lowest BCUT2D eigenvalue weighted by atomic mass is 10.1. The molecule has 5 heteroatoms. The molecule has 0 aliphatic rings. The third kappa shape index (κ3) is 2.49. The van der Waals surface area contributed by atoms with Crippen LogP contribution < -0.4 is 4.74 Å². The molecule has 0 radical (unpaired) electrons. The van der Waals surface area contributed by atoms with Crippen LogP contribution in [0.5, 0.6) is 5.75 Å². The van der Waals surface area contributed by atoms with Gasteiger partial charge in [0.1, 0.15) is 5.75 Å². The second-order valence-electron chi connectivity index (χ2n) is 2.97. The Morgan fingerprint density at radius 3 is 2.33 bits per heavy atom. The standard InChI is InChI=1S/C10H9F3O2/c1-6(14)7-3-4-8(10(11,12)13)9(5-7)15-2/h3-5H,1-2H3. The average Bonchev–Trinajstić information content (AvgIpc) is 2.15. The number of carbonyl (C=O) groups excluding carboxylic acids is 1. The van der Waals surface area contributed by atoms with E-state index in [1.54, 1.807) is 0 Å². The van der Waals surface area contributed by atoms with E-state index < -0.39 is 11.7 Å². The fraction of sp³-hybridized carbons (Fsp3) is 0.300. The number of alkyl halides is 3. The van der Waals surface area contributed by atoms with Gasteiger partial charge in [-0.05, 0) is 19.1 Å². The van der Waals surface area contributed by atoms with Crippen molar-refractivity contribution in [3.8, 4) is 5.75 Å². The van der Waals surface area contributed by atoms with Crippen LogP contribution in [0.3, 0.4) is 0 Å². The van der Waals surface area contributed by atoms with Crippen LogP contribution >= 0.6 is 0 Å². The molecule has 0 amide bonds. The van der Waals surface area contributed by atoms with Crippen LogP contribution in [0.15, 0.2) is 18.2 Å². The van der Waals surface area contributed by atoms with E-state index in [2.05, 4.69) is 4.74 Å². The van der Waals surface area contributed by atoms with Crippen LogP contribution in [0.2, 0.25) is 0 Å². The van der Waals surface area contributed by atoms with Crippen molar-refractivity contribution in [1.82, 2.24) is 0 Å². The molecule has 0 aliphatic heterocycles. The number of ketones is 1. The number of carbonyl (C=O) groups is 1. The summed E-state index contributed by atoms with van der Waals surface area (Å²) in [6.07, 6.45) is -4.47. The molecule has 1 rings (SSSR count). The number of benzene rings is 1. The van der Waals surface area contributed by atoms with Gasteiger partial charge in [0.25, 0.3) is 0 Å². The molecule has 0 N–H and O–H groups in total.